The van der Waals surface area contributed by atoms with Gasteiger partial charge in [0.05, 0.1) is 36.6 Å². The van der Waals surface area contributed by atoms with E-state index in [1.807, 2.05) is 39.8 Å². The van der Waals surface area contributed by atoms with Gasteiger partial charge in [-0.1, -0.05) is 31.4 Å². The molecular formula is C41H44N4O8. The van der Waals surface area contributed by atoms with Gasteiger partial charge in [0.15, 0.2) is 0 Å². The average Bonchev–Trinajstić information content (AvgIpc) is 3.67. The second kappa shape index (κ2) is 14.8. The Hall–Kier alpha value is -6.17. The Morgan fingerprint density at radius 1 is 0.962 bits per heavy atom. The molecule has 1 saturated heterocycles. The molecule has 276 valence electrons. The number of nitrogens with zero attached hydrogens (tertiary/aromatic N) is 1. The van der Waals surface area contributed by atoms with Gasteiger partial charge < -0.3 is 35.7 Å². The van der Waals surface area contributed by atoms with E-state index in [0.29, 0.717) is 67.8 Å². The van der Waals surface area contributed by atoms with Crippen LogP contribution in [0.4, 0.5) is 0 Å². The van der Waals surface area contributed by atoms with Gasteiger partial charge in [-0.2, -0.15) is 0 Å². The second-order valence-corrected chi connectivity index (χ2v) is 13.4. The molecule has 6 bridgehead atoms. The van der Waals surface area contributed by atoms with Crippen LogP contribution in [-0.2, 0) is 35.1 Å². The van der Waals surface area contributed by atoms with E-state index in [1.54, 1.807) is 30.4 Å². The highest BCUT2D eigenvalue weighted by Crippen LogP contribution is 2.55. The number of allylic oxidation sites excluding steroid dienone is 12. The number of H-pyrrole nitrogens is 1. The fraction of sp³-hybridized carbons (Fsp3) is 0.293. The maximum Gasteiger partial charge on any atom is 0.334 e. The van der Waals surface area contributed by atoms with Gasteiger partial charge in [-0.3, -0.25) is 14.4 Å². The first-order valence-electron chi connectivity index (χ1n) is 17.0. The normalized spacial score (nSPS) is 26.4. The molecule has 1 aromatic rings. The number of aliphatic carboxylic acids is 2. The molecule has 6 N–H and O–H groups in total. The number of nitrogens with one attached hydrogen (secondary N) is 2. The highest BCUT2D eigenvalue weighted by molar-refractivity contribution is 6.13. The van der Waals surface area contributed by atoms with Crippen LogP contribution in [0.1, 0.15) is 62.5 Å². The van der Waals surface area contributed by atoms with Crippen LogP contribution in [0.25, 0.3) is 12.2 Å². The maximum absolute atomic E-state index is 13.6. The molecule has 53 heavy (non-hydrogen) atoms. The third-order valence-corrected chi connectivity index (χ3v) is 10.4. The first kappa shape index (κ1) is 38.1. The van der Waals surface area contributed by atoms with Gasteiger partial charge in [-0.25, -0.2) is 9.79 Å². The van der Waals surface area contributed by atoms with Crippen LogP contribution >= 0.6 is 0 Å². The Morgan fingerprint density at radius 2 is 1.64 bits per heavy atom. The first-order valence-corrected chi connectivity index (χ1v) is 17.0. The number of nitrogens with two attached hydrogens (primary N) is 1. The van der Waals surface area contributed by atoms with Gasteiger partial charge >= 0.3 is 23.9 Å². The summed E-state index contributed by atoms with van der Waals surface area (Å²) in [7, 11) is 2.51. The summed E-state index contributed by atoms with van der Waals surface area (Å²) in [6.07, 6.45) is 12.3. The summed E-state index contributed by atoms with van der Waals surface area (Å²) in [6, 6.07) is 0. The molecule has 4 heterocycles. The van der Waals surface area contributed by atoms with E-state index in [4.69, 9.17) is 20.2 Å². The zero-order valence-electron chi connectivity index (χ0n) is 30.7. The lowest BCUT2D eigenvalue weighted by Crippen LogP contribution is -2.41. The van der Waals surface area contributed by atoms with E-state index in [1.165, 1.54) is 14.2 Å². The van der Waals surface area contributed by atoms with Crippen molar-refractivity contribution < 1.29 is 38.9 Å². The number of aliphatic imine (C=N–C) groups is 1. The molecule has 0 saturated carbocycles. The largest absolute Gasteiger partial charge is 0.481 e. The minimum atomic E-state index is -1.18. The van der Waals surface area contributed by atoms with Gasteiger partial charge in [0, 0.05) is 41.3 Å². The lowest BCUT2D eigenvalue weighted by Gasteiger charge is -2.36. The molecule has 3 aliphatic heterocycles. The van der Waals surface area contributed by atoms with E-state index in [9.17, 15) is 29.4 Å². The quantitative estimate of drug-likeness (QED) is 0.192. The van der Waals surface area contributed by atoms with Gasteiger partial charge in [0.2, 0.25) is 0 Å². The van der Waals surface area contributed by atoms with Gasteiger partial charge in [0.25, 0.3) is 0 Å². The fourth-order valence-electron chi connectivity index (χ4n) is 7.41. The van der Waals surface area contributed by atoms with Crippen LogP contribution in [0.15, 0.2) is 110 Å². The molecule has 0 unspecified atom stereocenters. The molecule has 1 aliphatic carbocycles. The third kappa shape index (κ3) is 6.92. The Balaban J connectivity index is 1.87. The molecule has 12 heteroatoms. The summed E-state index contributed by atoms with van der Waals surface area (Å²) in [5.41, 5.74) is 15.0. The number of carboxylic acids is 2. The molecule has 4 aliphatic rings. The number of ether oxygens (including phenoxy) is 2. The molecule has 0 radical (unpaired) electrons. The summed E-state index contributed by atoms with van der Waals surface area (Å²) >= 11 is 0. The number of carbonyl (C=O) groups excluding carboxylic acids is 2. The molecule has 0 amide bonds. The van der Waals surface area contributed by atoms with Crippen LogP contribution in [0, 0.1) is 18.3 Å². The van der Waals surface area contributed by atoms with Crippen molar-refractivity contribution in [3.8, 4) is 0 Å². The van der Waals surface area contributed by atoms with Crippen LogP contribution in [-0.4, -0.2) is 59.0 Å². The number of carboxylic acid groups (broad SMARTS) is 2. The maximum atomic E-state index is 13.6. The predicted octanol–water partition coefficient (Wildman–Crippen LogP) is 5.89. The zero-order chi connectivity index (χ0) is 38.9. The number of carbonyl (C=O) groups is 4. The number of aromatic nitrogens is 1. The fourth-order valence-corrected chi connectivity index (χ4v) is 7.41. The number of hydrogen-bond acceptors (Lipinski definition) is 9. The first-order chi connectivity index (χ1) is 25.1. The predicted molar refractivity (Wildman–Crippen MR) is 202 cm³/mol. The SMILES string of the molecule is C=C/C1=C(C)/C(N)=C/c2[nH]c(c(CCC(=O)O)c2C)/C=C2N=C(/C=C3\N/C(=C\C1=C)[C@]1(C)C3=CC=C(C(=O)OC)[C@@H]1C(=O)OC)C(C)=C\2CCC(=O)O. The average molecular weight is 721 g/mol. The van der Waals surface area contributed by atoms with Crippen molar-refractivity contribution in [2.75, 3.05) is 14.2 Å². The van der Waals surface area contributed by atoms with Gasteiger partial charge in [-0.05, 0) is 109 Å². The lowest BCUT2D eigenvalue weighted by molar-refractivity contribution is -0.150. The van der Waals surface area contributed by atoms with Gasteiger partial charge in [-0.15, -0.1) is 0 Å². The van der Waals surface area contributed by atoms with E-state index in [0.717, 1.165) is 16.7 Å². The van der Waals surface area contributed by atoms with Gasteiger partial charge in [0.1, 0.15) is 5.92 Å². The summed E-state index contributed by atoms with van der Waals surface area (Å²) < 4.78 is 10.3. The van der Waals surface area contributed by atoms with Crippen molar-refractivity contribution in [1.29, 1.82) is 0 Å². The van der Waals surface area contributed by atoms with Crippen molar-refractivity contribution in [2.45, 2.75) is 53.4 Å². The molecule has 1 aromatic heterocycles. The standard InChI is InChI=1S/C41H44N4O8/c1-9-24-20(2)16-35-41(6)28(13-10-27(39(50)52-7)38(41)40(51)53-8)34(45-35)18-31-23(5)26(12-15-37(48)49)33(44-31)19-32-25(11-14-36(46)47)22(4)30(43-32)17-29(42)21(24)3/h9-10,13,16-19,38,43,45H,1-2,11-12,14-15,42H2,3-8H3,(H,46,47)(H,48,49)/b24-21-,29-17-,33-19-,34-18-,35-16-/t38-,41+/m1/s1. The summed E-state index contributed by atoms with van der Waals surface area (Å²) in [5.74, 6) is -4.34. The van der Waals surface area contributed by atoms with Crippen LogP contribution in [0.5, 0.6) is 0 Å². The minimum Gasteiger partial charge on any atom is -0.481 e. The molecule has 0 aromatic carbocycles. The Morgan fingerprint density at radius 3 is 2.26 bits per heavy atom. The van der Waals surface area contributed by atoms with Crippen LogP contribution < -0.4 is 11.1 Å². The number of esters is 2. The molecule has 5 rings (SSSR count). The summed E-state index contributed by atoms with van der Waals surface area (Å²) in [4.78, 5) is 58.5. The number of aromatic amines is 1. The Kier molecular flexibility index (Phi) is 10.6. The molecule has 2 atom stereocenters. The van der Waals surface area contributed by atoms with E-state index in [2.05, 4.69) is 23.5 Å². The Labute approximate surface area is 307 Å². The summed E-state index contributed by atoms with van der Waals surface area (Å²) in [6.45, 7) is 15.8. The highest BCUT2D eigenvalue weighted by Gasteiger charge is 2.55. The van der Waals surface area contributed by atoms with Crippen molar-refractivity contribution in [3.63, 3.8) is 0 Å². The molecule has 12 nitrogen and oxygen atoms in total. The minimum absolute atomic E-state index is 0.110. The lowest BCUT2D eigenvalue weighted by atomic mass is 9.64. The topological polar surface area (TPSA) is 193 Å². The molecular weight excluding hydrogens is 676 g/mol. The van der Waals surface area contributed by atoms with Crippen molar-refractivity contribution in [2.24, 2.45) is 22.1 Å². The smallest absolute Gasteiger partial charge is 0.334 e. The van der Waals surface area contributed by atoms with E-state index >= 15 is 0 Å². The molecule has 1 fully saturated rings. The number of methoxy groups -OCH3 is 2. The van der Waals surface area contributed by atoms with Crippen molar-refractivity contribution in [3.05, 3.63) is 128 Å². The van der Waals surface area contributed by atoms with E-state index < -0.39 is 35.2 Å². The van der Waals surface area contributed by atoms with Crippen molar-refractivity contribution >= 4 is 41.7 Å². The van der Waals surface area contributed by atoms with Crippen LogP contribution in [0.2, 0.25) is 0 Å². The monoisotopic (exact) mass is 720 g/mol. The highest BCUT2D eigenvalue weighted by atomic mass is 16.5. The van der Waals surface area contributed by atoms with E-state index in [-0.39, 0.29) is 31.3 Å². The number of fused-ring (bicyclic) bond motifs is 8. The second-order valence-electron chi connectivity index (χ2n) is 13.4. The summed E-state index contributed by atoms with van der Waals surface area (Å²) in [5, 5.41) is 22.7. The van der Waals surface area contributed by atoms with Crippen LogP contribution in [0.3, 0.4) is 0 Å². The molecule has 0 spiro atoms. The number of hydrogen-bond donors (Lipinski definition) is 5. The Bertz CT molecular complexity index is 2160. The number of rotatable bonds is 9. The van der Waals surface area contributed by atoms with Crippen molar-refractivity contribution in [1.82, 2.24) is 10.3 Å². The zero-order valence-corrected chi connectivity index (χ0v) is 30.7. The third-order valence-electron chi connectivity index (χ3n) is 10.4.